The fourth-order valence-corrected chi connectivity index (χ4v) is 3.16. The summed E-state index contributed by atoms with van der Waals surface area (Å²) in [6.45, 7) is 6.20. The third-order valence-electron chi connectivity index (χ3n) is 4.02. The number of aryl methyl sites for hydroxylation is 3. The molecule has 1 heterocycles. The van der Waals surface area contributed by atoms with Crippen molar-refractivity contribution in [1.29, 1.82) is 0 Å². The Morgan fingerprint density at radius 1 is 1.00 bits per heavy atom. The van der Waals surface area contributed by atoms with Gasteiger partial charge in [-0.1, -0.05) is 35.9 Å². The summed E-state index contributed by atoms with van der Waals surface area (Å²) in [4.78, 5) is 4.15. The molecule has 0 fully saturated rings. The van der Waals surface area contributed by atoms with Gasteiger partial charge in [0.05, 0.1) is 0 Å². The van der Waals surface area contributed by atoms with E-state index in [0.717, 1.165) is 33.0 Å². The van der Waals surface area contributed by atoms with Gasteiger partial charge in [0, 0.05) is 17.8 Å². The van der Waals surface area contributed by atoms with E-state index < -0.39 is 6.10 Å². The molecular formula is C19H19NO. The standard InChI is InChI=1S/C19H19NO/c1-12-9-13(2)18(14(3)10-12)19(21)17-6-4-5-15-11-20-8-7-16(15)17/h4-11,19,21H,1-3H3. The summed E-state index contributed by atoms with van der Waals surface area (Å²) in [5, 5.41) is 13.0. The van der Waals surface area contributed by atoms with Gasteiger partial charge in [0.15, 0.2) is 0 Å². The van der Waals surface area contributed by atoms with Crippen LogP contribution in [0.3, 0.4) is 0 Å². The van der Waals surface area contributed by atoms with Crippen LogP contribution in [0.4, 0.5) is 0 Å². The Bertz CT molecular complexity index is 779. The number of benzene rings is 2. The predicted octanol–water partition coefficient (Wildman–Crippen LogP) is 4.24. The second-order valence-corrected chi connectivity index (χ2v) is 5.66. The van der Waals surface area contributed by atoms with Crippen LogP contribution < -0.4 is 0 Å². The lowest BCUT2D eigenvalue weighted by atomic mass is 9.90. The van der Waals surface area contributed by atoms with Gasteiger partial charge >= 0.3 is 0 Å². The minimum atomic E-state index is -0.614. The van der Waals surface area contributed by atoms with E-state index in [1.54, 1.807) is 6.20 Å². The van der Waals surface area contributed by atoms with Gasteiger partial charge in [0.2, 0.25) is 0 Å². The van der Waals surface area contributed by atoms with Gasteiger partial charge in [-0.25, -0.2) is 0 Å². The molecule has 21 heavy (non-hydrogen) atoms. The molecule has 106 valence electrons. The minimum Gasteiger partial charge on any atom is -0.384 e. The highest BCUT2D eigenvalue weighted by Gasteiger charge is 2.17. The Labute approximate surface area is 125 Å². The monoisotopic (exact) mass is 277 g/mol. The largest absolute Gasteiger partial charge is 0.384 e. The van der Waals surface area contributed by atoms with Crippen LogP contribution >= 0.6 is 0 Å². The van der Waals surface area contributed by atoms with Crippen molar-refractivity contribution < 1.29 is 5.11 Å². The molecule has 0 bridgehead atoms. The number of rotatable bonds is 2. The van der Waals surface area contributed by atoms with Gasteiger partial charge < -0.3 is 5.11 Å². The van der Waals surface area contributed by atoms with Crippen molar-refractivity contribution in [2.45, 2.75) is 26.9 Å². The van der Waals surface area contributed by atoms with Gasteiger partial charge in [-0.2, -0.15) is 0 Å². The number of aromatic nitrogens is 1. The van der Waals surface area contributed by atoms with E-state index in [-0.39, 0.29) is 0 Å². The highest BCUT2D eigenvalue weighted by atomic mass is 16.3. The average molecular weight is 277 g/mol. The van der Waals surface area contributed by atoms with E-state index in [2.05, 4.69) is 37.9 Å². The second kappa shape index (κ2) is 5.30. The number of fused-ring (bicyclic) bond motifs is 1. The fourth-order valence-electron chi connectivity index (χ4n) is 3.16. The molecule has 0 aliphatic heterocycles. The van der Waals surface area contributed by atoms with E-state index in [0.29, 0.717) is 0 Å². The third kappa shape index (κ3) is 2.43. The maximum absolute atomic E-state index is 10.9. The molecule has 0 amide bonds. The van der Waals surface area contributed by atoms with Gasteiger partial charge in [-0.15, -0.1) is 0 Å². The molecular weight excluding hydrogens is 258 g/mol. The number of aliphatic hydroxyl groups excluding tert-OH is 1. The number of hydrogen-bond acceptors (Lipinski definition) is 2. The zero-order valence-corrected chi connectivity index (χ0v) is 12.6. The fraction of sp³-hybridized carbons (Fsp3) is 0.211. The summed E-state index contributed by atoms with van der Waals surface area (Å²) in [5.41, 5.74) is 5.43. The summed E-state index contributed by atoms with van der Waals surface area (Å²) in [6.07, 6.45) is 2.99. The Morgan fingerprint density at radius 2 is 1.71 bits per heavy atom. The minimum absolute atomic E-state index is 0.614. The van der Waals surface area contributed by atoms with Gasteiger partial charge in [0.1, 0.15) is 6.10 Å². The molecule has 0 aliphatic carbocycles. The zero-order valence-electron chi connectivity index (χ0n) is 12.6. The number of pyridine rings is 1. The van der Waals surface area contributed by atoms with Gasteiger partial charge in [-0.3, -0.25) is 4.98 Å². The summed E-state index contributed by atoms with van der Waals surface area (Å²) in [5.74, 6) is 0. The molecule has 1 aromatic heterocycles. The smallest absolute Gasteiger partial charge is 0.105 e. The molecule has 0 saturated carbocycles. The van der Waals surface area contributed by atoms with E-state index in [9.17, 15) is 5.11 Å². The molecule has 0 saturated heterocycles. The average Bonchev–Trinajstić information content (AvgIpc) is 2.45. The summed E-state index contributed by atoms with van der Waals surface area (Å²) in [6, 6.07) is 12.2. The quantitative estimate of drug-likeness (QED) is 0.760. The van der Waals surface area contributed by atoms with Gasteiger partial charge in [0.25, 0.3) is 0 Å². The number of nitrogens with zero attached hydrogens (tertiary/aromatic N) is 1. The highest BCUT2D eigenvalue weighted by Crippen LogP contribution is 2.32. The van der Waals surface area contributed by atoms with Crippen LogP contribution in [-0.2, 0) is 0 Å². The molecule has 0 radical (unpaired) electrons. The van der Waals surface area contributed by atoms with Gasteiger partial charge in [-0.05, 0) is 54.5 Å². The normalized spacial score (nSPS) is 12.6. The van der Waals surface area contributed by atoms with E-state index >= 15 is 0 Å². The maximum Gasteiger partial charge on any atom is 0.105 e. The van der Waals surface area contributed by atoms with Crippen LogP contribution in [0.2, 0.25) is 0 Å². The summed E-state index contributed by atoms with van der Waals surface area (Å²) in [7, 11) is 0. The molecule has 3 rings (SSSR count). The predicted molar refractivity (Wildman–Crippen MR) is 86.5 cm³/mol. The van der Waals surface area contributed by atoms with Crippen molar-refractivity contribution in [3.8, 4) is 0 Å². The molecule has 2 aromatic carbocycles. The Hall–Kier alpha value is -2.19. The third-order valence-corrected chi connectivity index (χ3v) is 4.02. The first-order chi connectivity index (χ1) is 10.1. The van der Waals surface area contributed by atoms with Crippen molar-refractivity contribution >= 4 is 10.8 Å². The number of aliphatic hydroxyl groups is 1. The van der Waals surface area contributed by atoms with Crippen molar-refractivity contribution in [1.82, 2.24) is 4.98 Å². The van der Waals surface area contributed by atoms with E-state index in [1.807, 2.05) is 30.5 Å². The van der Waals surface area contributed by atoms with Crippen LogP contribution in [0.5, 0.6) is 0 Å². The SMILES string of the molecule is Cc1cc(C)c(C(O)c2cccc3cnccc23)c(C)c1. The second-order valence-electron chi connectivity index (χ2n) is 5.66. The van der Waals surface area contributed by atoms with Crippen LogP contribution in [0.1, 0.15) is 33.9 Å². The highest BCUT2D eigenvalue weighted by molar-refractivity contribution is 5.85. The Morgan fingerprint density at radius 3 is 2.43 bits per heavy atom. The molecule has 1 unspecified atom stereocenters. The first-order valence-corrected chi connectivity index (χ1v) is 7.16. The van der Waals surface area contributed by atoms with Crippen molar-refractivity contribution in [2.75, 3.05) is 0 Å². The lowest BCUT2D eigenvalue weighted by molar-refractivity contribution is 0.220. The van der Waals surface area contributed by atoms with Crippen molar-refractivity contribution in [2.24, 2.45) is 0 Å². The first kappa shape index (κ1) is 13.8. The molecule has 3 aromatic rings. The lowest BCUT2D eigenvalue weighted by Crippen LogP contribution is -2.06. The molecule has 1 N–H and O–H groups in total. The molecule has 1 atom stereocenters. The van der Waals surface area contributed by atoms with E-state index in [1.165, 1.54) is 5.56 Å². The van der Waals surface area contributed by atoms with Crippen molar-refractivity contribution in [3.63, 3.8) is 0 Å². The van der Waals surface area contributed by atoms with Crippen LogP contribution in [-0.4, -0.2) is 10.1 Å². The van der Waals surface area contributed by atoms with Crippen LogP contribution in [0.15, 0.2) is 48.8 Å². The topological polar surface area (TPSA) is 33.1 Å². The molecule has 2 nitrogen and oxygen atoms in total. The Kier molecular flexibility index (Phi) is 3.48. The first-order valence-electron chi connectivity index (χ1n) is 7.16. The van der Waals surface area contributed by atoms with Crippen molar-refractivity contribution in [3.05, 3.63) is 76.6 Å². The zero-order chi connectivity index (χ0) is 15.0. The lowest BCUT2D eigenvalue weighted by Gasteiger charge is -2.19. The molecule has 2 heteroatoms. The Balaban J connectivity index is 2.20. The van der Waals surface area contributed by atoms with Crippen LogP contribution in [0.25, 0.3) is 10.8 Å². The molecule has 0 spiro atoms. The number of hydrogen-bond donors (Lipinski definition) is 1. The summed E-state index contributed by atoms with van der Waals surface area (Å²) >= 11 is 0. The van der Waals surface area contributed by atoms with Crippen LogP contribution in [0, 0.1) is 20.8 Å². The summed E-state index contributed by atoms with van der Waals surface area (Å²) < 4.78 is 0. The maximum atomic E-state index is 10.9. The van der Waals surface area contributed by atoms with E-state index in [4.69, 9.17) is 0 Å². The molecule has 0 aliphatic rings.